The van der Waals surface area contributed by atoms with Crippen molar-refractivity contribution in [2.75, 3.05) is 17.5 Å². The number of rotatable bonds is 12. The first-order valence-corrected chi connectivity index (χ1v) is 15.4. The molecule has 0 aliphatic carbocycles. The highest BCUT2D eigenvalue weighted by atomic mass is 35.5. The van der Waals surface area contributed by atoms with Crippen LogP contribution in [0.1, 0.15) is 38.8 Å². The average Bonchev–Trinajstić information content (AvgIpc) is 2.91. The Labute approximate surface area is 252 Å². The van der Waals surface area contributed by atoms with Gasteiger partial charge in [-0.2, -0.15) is 0 Å². The number of amides is 2. The maximum Gasteiger partial charge on any atom is 0.264 e. The van der Waals surface area contributed by atoms with Crippen LogP contribution < -0.4 is 14.4 Å². The van der Waals surface area contributed by atoms with Gasteiger partial charge in [0.2, 0.25) is 11.8 Å². The number of aryl methyl sites for hydroxylation is 1. The van der Waals surface area contributed by atoms with E-state index in [-0.39, 0.29) is 29.8 Å². The molecule has 0 aliphatic heterocycles. The van der Waals surface area contributed by atoms with Crippen molar-refractivity contribution in [3.8, 4) is 5.75 Å². The lowest BCUT2D eigenvalue weighted by molar-refractivity contribution is -0.139. The first-order valence-electron chi connectivity index (χ1n) is 13.2. The van der Waals surface area contributed by atoms with Gasteiger partial charge in [0.15, 0.2) is 0 Å². The van der Waals surface area contributed by atoms with E-state index in [1.807, 2.05) is 20.8 Å². The average molecular weight is 621 g/mol. The fourth-order valence-corrected chi connectivity index (χ4v) is 6.07. The zero-order valence-corrected chi connectivity index (χ0v) is 26.1. The number of anilines is 1. The van der Waals surface area contributed by atoms with Gasteiger partial charge in [-0.15, -0.1) is 0 Å². The minimum Gasteiger partial charge on any atom is -0.492 e. The molecular weight excluding hydrogens is 585 g/mol. The molecule has 1 N–H and O–H groups in total. The molecule has 1 unspecified atom stereocenters. The number of hydrogen-bond donors (Lipinski definition) is 1. The number of carbonyl (C=O) groups is 2. The molecule has 0 saturated heterocycles. The maximum absolute atomic E-state index is 14.1. The number of hydrogen-bond acceptors (Lipinski definition) is 5. The SMILES string of the molecule is CCOc1ccccc1N(CC(=O)N(Cc1c(Cl)cccc1Cl)C(C)C(=O)NC(C)C)S(=O)(=O)c1ccc(C)cc1. The Bertz CT molecular complexity index is 1460. The molecule has 41 heavy (non-hydrogen) atoms. The fourth-order valence-electron chi connectivity index (χ4n) is 4.13. The zero-order chi connectivity index (χ0) is 30.3. The minimum absolute atomic E-state index is 0.00787. The molecule has 0 aliphatic rings. The highest BCUT2D eigenvalue weighted by Crippen LogP contribution is 2.33. The molecule has 0 saturated carbocycles. The predicted molar refractivity (Wildman–Crippen MR) is 163 cm³/mol. The Hall–Kier alpha value is -3.27. The molecule has 220 valence electrons. The third kappa shape index (κ3) is 7.93. The molecule has 0 radical (unpaired) electrons. The normalized spacial score (nSPS) is 12.1. The molecule has 0 spiro atoms. The van der Waals surface area contributed by atoms with E-state index in [1.165, 1.54) is 17.0 Å². The summed E-state index contributed by atoms with van der Waals surface area (Å²) in [6, 6.07) is 16.8. The van der Waals surface area contributed by atoms with Crippen LogP contribution in [0.4, 0.5) is 5.69 Å². The molecule has 0 bridgehead atoms. The van der Waals surface area contributed by atoms with E-state index in [0.29, 0.717) is 21.4 Å². The molecule has 1 atom stereocenters. The maximum atomic E-state index is 14.1. The second-order valence-corrected chi connectivity index (χ2v) is 12.5. The van der Waals surface area contributed by atoms with Gasteiger partial charge in [-0.3, -0.25) is 13.9 Å². The summed E-state index contributed by atoms with van der Waals surface area (Å²) in [4.78, 5) is 28.5. The van der Waals surface area contributed by atoms with E-state index in [4.69, 9.17) is 27.9 Å². The first kappa shape index (κ1) is 32.2. The number of sulfonamides is 1. The van der Waals surface area contributed by atoms with Gasteiger partial charge in [0.25, 0.3) is 10.0 Å². The molecule has 3 aromatic rings. The summed E-state index contributed by atoms with van der Waals surface area (Å²) in [5.74, 6) is -0.738. The van der Waals surface area contributed by atoms with Crippen LogP contribution in [0.2, 0.25) is 10.0 Å². The van der Waals surface area contributed by atoms with Crippen LogP contribution in [0.25, 0.3) is 0 Å². The van der Waals surface area contributed by atoms with Crippen LogP contribution in [-0.2, 0) is 26.2 Å². The summed E-state index contributed by atoms with van der Waals surface area (Å²) < 4.78 is 34.9. The monoisotopic (exact) mass is 619 g/mol. The lowest BCUT2D eigenvalue weighted by Gasteiger charge is -2.33. The molecule has 0 aromatic heterocycles. The topological polar surface area (TPSA) is 96.0 Å². The highest BCUT2D eigenvalue weighted by Gasteiger charge is 2.34. The van der Waals surface area contributed by atoms with Crippen molar-refractivity contribution in [2.45, 2.75) is 58.1 Å². The number of ether oxygens (including phenoxy) is 1. The van der Waals surface area contributed by atoms with E-state index in [0.717, 1.165) is 9.87 Å². The van der Waals surface area contributed by atoms with Crippen molar-refractivity contribution in [3.63, 3.8) is 0 Å². The third-order valence-corrected chi connectivity index (χ3v) is 8.79. The van der Waals surface area contributed by atoms with Crippen molar-refractivity contribution < 1.29 is 22.7 Å². The fraction of sp³-hybridized carbons (Fsp3) is 0.333. The summed E-state index contributed by atoms with van der Waals surface area (Å²) >= 11 is 12.8. The number of benzene rings is 3. The van der Waals surface area contributed by atoms with Crippen LogP contribution in [0.15, 0.2) is 71.6 Å². The Balaban J connectivity index is 2.12. The van der Waals surface area contributed by atoms with Gasteiger partial charge in [-0.1, -0.05) is 59.1 Å². The van der Waals surface area contributed by atoms with E-state index < -0.39 is 34.4 Å². The van der Waals surface area contributed by atoms with Crippen LogP contribution in [-0.4, -0.2) is 50.4 Å². The molecule has 0 heterocycles. The van der Waals surface area contributed by atoms with Gasteiger partial charge in [-0.25, -0.2) is 8.42 Å². The van der Waals surface area contributed by atoms with Crippen LogP contribution >= 0.6 is 23.2 Å². The second-order valence-electron chi connectivity index (χ2n) is 9.79. The van der Waals surface area contributed by atoms with Crippen molar-refractivity contribution >= 4 is 50.7 Å². The van der Waals surface area contributed by atoms with Gasteiger partial charge in [0.05, 0.1) is 17.2 Å². The summed E-state index contributed by atoms with van der Waals surface area (Å²) in [7, 11) is -4.24. The summed E-state index contributed by atoms with van der Waals surface area (Å²) in [6.45, 7) is 8.39. The Kier molecular flexibility index (Phi) is 11.1. The summed E-state index contributed by atoms with van der Waals surface area (Å²) in [5, 5.41) is 3.45. The third-order valence-electron chi connectivity index (χ3n) is 6.31. The number of nitrogens with zero attached hydrogens (tertiary/aromatic N) is 2. The Morgan fingerprint density at radius 2 is 1.54 bits per heavy atom. The Morgan fingerprint density at radius 3 is 2.12 bits per heavy atom. The van der Waals surface area contributed by atoms with Crippen molar-refractivity contribution in [1.29, 1.82) is 0 Å². The second kappa shape index (κ2) is 14.1. The molecule has 0 fully saturated rings. The van der Waals surface area contributed by atoms with E-state index >= 15 is 0 Å². The Morgan fingerprint density at radius 1 is 0.927 bits per heavy atom. The number of para-hydroxylation sites is 2. The van der Waals surface area contributed by atoms with Crippen molar-refractivity contribution in [1.82, 2.24) is 10.2 Å². The number of halogens is 2. The predicted octanol–water partition coefficient (Wildman–Crippen LogP) is 5.84. The smallest absolute Gasteiger partial charge is 0.264 e. The van der Waals surface area contributed by atoms with Gasteiger partial charge in [0.1, 0.15) is 18.3 Å². The van der Waals surface area contributed by atoms with Gasteiger partial charge < -0.3 is 15.0 Å². The summed E-state index contributed by atoms with van der Waals surface area (Å²) in [6.07, 6.45) is 0. The van der Waals surface area contributed by atoms with E-state index in [9.17, 15) is 18.0 Å². The standard InChI is InChI=1S/C30H35Cl2N3O5S/c1-6-40-28-13-8-7-12-27(28)35(41(38,39)23-16-14-21(4)15-17-23)19-29(36)34(22(5)30(37)33-20(2)3)18-24-25(31)10-9-11-26(24)32/h7-17,20,22H,6,18-19H2,1-5H3,(H,33,37). The number of carbonyl (C=O) groups excluding carboxylic acids is 2. The quantitative estimate of drug-likeness (QED) is 0.275. The molecule has 8 nitrogen and oxygen atoms in total. The largest absolute Gasteiger partial charge is 0.492 e. The summed E-state index contributed by atoms with van der Waals surface area (Å²) in [5.41, 5.74) is 1.52. The van der Waals surface area contributed by atoms with Gasteiger partial charge >= 0.3 is 0 Å². The molecule has 3 rings (SSSR count). The minimum atomic E-state index is -4.24. The van der Waals surface area contributed by atoms with Crippen LogP contribution in [0.5, 0.6) is 5.75 Å². The van der Waals surface area contributed by atoms with E-state index in [2.05, 4.69) is 5.32 Å². The number of nitrogens with one attached hydrogen (secondary N) is 1. The van der Waals surface area contributed by atoms with Crippen LogP contribution in [0.3, 0.4) is 0 Å². The van der Waals surface area contributed by atoms with Gasteiger partial charge in [0, 0.05) is 28.2 Å². The first-order chi connectivity index (χ1) is 19.4. The molecule has 11 heteroatoms. The highest BCUT2D eigenvalue weighted by molar-refractivity contribution is 7.92. The lowest BCUT2D eigenvalue weighted by atomic mass is 10.1. The van der Waals surface area contributed by atoms with Crippen molar-refractivity contribution in [3.05, 3.63) is 87.9 Å². The van der Waals surface area contributed by atoms with Crippen LogP contribution in [0, 0.1) is 6.92 Å². The molecule has 3 aromatic carbocycles. The van der Waals surface area contributed by atoms with Crippen molar-refractivity contribution in [2.24, 2.45) is 0 Å². The molecule has 2 amide bonds. The lowest BCUT2D eigenvalue weighted by Crippen LogP contribution is -2.52. The molecular formula is C30H35Cl2N3O5S. The van der Waals surface area contributed by atoms with Gasteiger partial charge in [-0.05, 0) is 71.0 Å². The zero-order valence-electron chi connectivity index (χ0n) is 23.7. The van der Waals surface area contributed by atoms with E-state index in [1.54, 1.807) is 68.4 Å².